The van der Waals surface area contributed by atoms with Gasteiger partial charge in [0.25, 0.3) is 0 Å². The van der Waals surface area contributed by atoms with Crippen LogP contribution < -0.4 is 9.44 Å². The zero-order valence-electron chi connectivity index (χ0n) is 13.3. The molecule has 0 atom stereocenters. The first-order chi connectivity index (χ1) is 9.74. The fourth-order valence-electron chi connectivity index (χ4n) is 3.73. The predicted octanol–water partition coefficient (Wildman–Crippen LogP) is 5.60. The molecule has 0 heterocycles. The number of rotatable bonds is 7. The molecule has 0 bridgehead atoms. The quantitative estimate of drug-likeness (QED) is 0.362. The summed E-state index contributed by atoms with van der Waals surface area (Å²) < 4.78 is 7.57. The molecule has 0 saturated heterocycles. The Balaban J connectivity index is 1.71. The lowest BCUT2D eigenvalue weighted by atomic mass is 9.81. The standard InChI is InChI=1S/C16H32N2S2/c1-3-15(11-7-5-8-12-15)17-19-20-18-16(4-2)13-9-6-10-14-16/h17-18H,3-14H2,1-2H3. The molecule has 2 aliphatic rings. The maximum atomic E-state index is 3.78. The van der Waals surface area contributed by atoms with Gasteiger partial charge in [-0.2, -0.15) is 0 Å². The molecule has 0 aromatic carbocycles. The maximum Gasteiger partial charge on any atom is 0.0288 e. The second-order valence-electron chi connectivity index (χ2n) is 6.76. The molecule has 0 amide bonds. The summed E-state index contributed by atoms with van der Waals surface area (Å²) in [5.74, 6) is 0. The molecule has 0 unspecified atom stereocenters. The number of hydrogen-bond acceptors (Lipinski definition) is 4. The summed E-state index contributed by atoms with van der Waals surface area (Å²) in [5.41, 5.74) is 0.813. The van der Waals surface area contributed by atoms with Gasteiger partial charge in [0.2, 0.25) is 0 Å². The van der Waals surface area contributed by atoms with E-state index in [1.54, 1.807) is 0 Å². The van der Waals surface area contributed by atoms with Gasteiger partial charge in [0.15, 0.2) is 0 Å². The third kappa shape index (κ3) is 4.56. The number of hydrogen-bond donors (Lipinski definition) is 2. The average molecular weight is 317 g/mol. The van der Waals surface area contributed by atoms with Crippen molar-refractivity contribution in [3.8, 4) is 0 Å². The van der Waals surface area contributed by atoms with Gasteiger partial charge >= 0.3 is 0 Å². The van der Waals surface area contributed by atoms with Crippen molar-refractivity contribution in [2.24, 2.45) is 0 Å². The minimum atomic E-state index is 0.406. The van der Waals surface area contributed by atoms with Gasteiger partial charge in [-0.05, 0) is 38.5 Å². The van der Waals surface area contributed by atoms with E-state index in [-0.39, 0.29) is 0 Å². The smallest absolute Gasteiger partial charge is 0.0288 e. The van der Waals surface area contributed by atoms with Crippen LogP contribution in [0.15, 0.2) is 0 Å². The Bertz CT molecular complexity index is 244. The van der Waals surface area contributed by atoms with E-state index in [0.29, 0.717) is 11.1 Å². The molecule has 0 radical (unpaired) electrons. The molecular formula is C16H32N2S2. The lowest BCUT2D eigenvalue weighted by Gasteiger charge is -2.39. The van der Waals surface area contributed by atoms with Crippen molar-refractivity contribution >= 4 is 22.0 Å². The zero-order valence-corrected chi connectivity index (χ0v) is 14.9. The van der Waals surface area contributed by atoms with E-state index in [2.05, 4.69) is 23.3 Å². The Morgan fingerprint density at radius 1 is 0.650 bits per heavy atom. The van der Waals surface area contributed by atoms with Gasteiger partial charge in [0, 0.05) is 33.0 Å². The highest BCUT2D eigenvalue weighted by Gasteiger charge is 2.32. The molecule has 2 aliphatic carbocycles. The molecule has 2 rings (SSSR count). The van der Waals surface area contributed by atoms with E-state index >= 15 is 0 Å². The first-order valence-electron chi connectivity index (χ1n) is 8.61. The topological polar surface area (TPSA) is 24.1 Å². The molecule has 2 saturated carbocycles. The molecule has 20 heavy (non-hydrogen) atoms. The van der Waals surface area contributed by atoms with Gasteiger partial charge in [0.1, 0.15) is 0 Å². The second kappa shape index (κ2) is 8.30. The van der Waals surface area contributed by atoms with Crippen molar-refractivity contribution in [3.63, 3.8) is 0 Å². The summed E-state index contributed by atoms with van der Waals surface area (Å²) in [5, 5.41) is 0. The molecule has 0 aliphatic heterocycles. The Labute approximate surface area is 133 Å². The van der Waals surface area contributed by atoms with Crippen molar-refractivity contribution in [1.82, 2.24) is 9.44 Å². The van der Waals surface area contributed by atoms with Crippen LogP contribution in [-0.4, -0.2) is 11.1 Å². The Hall–Kier alpha value is 0.620. The fraction of sp³-hybridized carbons (Fsp3) is 1.00. The van der Waals surface area contributed by atoms with E-state index in [4.69, 9.17) is 0 Å². The summed E-state index contributed by atoms with van der Waals surface area (Å²) in [6.45, 7) is 4.68. The molecule has 0 spiro atoms. The second-order valence-corrected chi connectivity index (χ2v) is 8.50. The summed E-state index contributed by atoms with van der Waals surface area (Å²) in [6.07, 6.45) is 16.4. The molecule has 2 fully saturated rings. The molecule has 2 nitrogen and oxygen atoms in total. The van der Waals surface area contributed by atoms with Crippen molar-refractivity contribution in [2.45, 2.75) is 102 Å². The van der Waals surface area contributed by atoms with Crippen molar-refractivity contribution in [1.29, 1.82) is 0 Å². The van der Waals surface area contributed by atoms with Crippen LogP contribution in [0.5, 0.6) is 0 Å². The van der Waals surface area contributed by atoms with E-state index in [9.17, 15) is 0 Å². The lowest BCUT2D eigenvalue weighted by Crippen LogP contribution is -2.44. The van der Waals surface area contributed by atoms with E-state index in [0.717, 1.165) is 0 Å². The molecule has 4 heteroatoms. The number of nitrogens with one attached hydrogen (secondary N) is 2. The molecular weight excluding hydrogens is 284 g/mol. The Kier molecular flexibility index (Phi) is 7.05. The van der Waals surface area contributed by atoms with Crippen molar-refractivity contribution in [2.75, 3.05) is 0 Å². The minimum absolute atomic E-state index is 0.406. The highest BCUT2D eigenvalue weighted by Crippen LogP contribution is 2.37. The zero-order chi connectivity index (χ0) is 14.3. The Morgan fingerprint density at radius 3 is 1.30 bits per heavy atom. The van der Waals surface area contributed by atoms with Crippen LogP contribution >= 0.6 is 22.0 Å². The summed E-state index contributed by atoms with van der Waals surface area (Å²) in [6, 6.07) is 0. The van der Waals surface area contributed by atoms with E-state index < -0.39 is 0 Å². The lowest BCUT2D eigenvalue weighted by molar-refractivity contribution is 0.266. The molecule has 2 N–H and O–H groups in total. The highest BCUT2D eigenvalue weighted by atomic mass is 33.1. The third-order valence-corrected chi connectivity index (χ3v) is 7.40. The van der Waals surface area contributed by atoms with Crippen LogP contribution in [0.4, 0.5) is 0 Å². The van der Waals surface area contributed by atoms with Gasteiger partial charge in [-0.25, -0.2) is 9.44 Å². The van der Waals surface area contributed by atoms with Crippen molar-refractivity contribution in [3.05, 3.63) is 0 Å². The van der Waals surface area contributed by atoms with E-state index in [1.165, 1.54) is 77.0 Å². The average Bonchev–Trinajstić information content (AvgIpc) is 2.53. The predicted molar refractivity (Wildman–Crippen MR) is 93.7 cm³/mol. The first kappa shape index (κ1) is 17.0. The van der Waals surface area contributed by atoms with Gasteiger partial charge in [-0.3, -0.25) is 0 Å². The van der Waals surface area contributed by atoms with Crippen LogP contribution in [0, 0.1) is 0 Å². The van der Waals surface area contributed by atoms with Crippen LogP contribution in [-0.2, 0) is 0 Å². The van der Waals surface area contributed by atoms with Gasteiger partial charge in [0.05, 0.1) is 0 Å². The van der Waals surface area contributed by atoms with Gasteiger partial charge in [-0.1, -0.05) is 52.4 Å². The largest absolute Gasteiger partial charge is 0.248 e. The SMILES string of the molecule is CCC1(NSSNC2(CC)CCCCC2)CCCCC1. The molecule has 0 aromatic heterocycles. The van der Waals surface area contributed by atoms with Crippen LogP contribution in [0.3, 0.4) is 0 Å². The summed E-state index contributed by atoms with van der Waals surface area (Å²) in [7, 11) is 3.69. The third-order valence-electron chi connectivity index (χ3n) is 5.53. The van der Waals surface area contributed by atoms with Crippen LogP contribution in [0.25, 0.3) is 0 Å². The van der Waals surface area contributed by atoms with Gasteiger partial charge < -0.3 is 0 Å². The summed E-state index contributed by atoms with van der Waals surface area (Å²) in [4.78, 5) is 0. The molecule has 0 aromatic rings. The maximum absolute atomic E-state index is 3.78. The molecule has 118 valence electrons. The van der Waals surface area contributed by atoms with Crippen LogP contribution in [0.2, 0.25) is 0 Å². The van der Waals surface area contributed by atoms with Crippen molar-refractivity contribution < 1.29 is 0 Å². The van der Waals surface area contributed by atoms with Gasteiger partial charge in [-0.15, -0.1) is 0 Å². The normalized spacial score (nSPS) is 25.5. The minimum Gasteiger partial charge on any atom is -0.248 e. The monoisotopic (exact) mass is 316 g/mol. The Morgan fingerprint density at radius 2 is 1.00 bits per heavy atom. The fourth-order valence-corrected chi connectivity index (χ4v) is 6.18. The first-order valence-corrected chi connectivity index (χ1v) is 10.8. The highest BCUT2D eigenvalue weighted by molar-refractivity contribution is 8.75. The van der Waals surface area contributed by atoms with Crippen LogP contribution in [0.1, 0.15) is 90.9 Å². The van der Waals surface area contributed by atoms with E-state index in [1.807, 2.05) is 22.0 Å². The summed E-state index contributed by atoms with van der Waals surface area (Å²) >= 11 is 0.